The first-order valence-electron chi connectivity index (χ1n) is 8.22. The second kappa shape index (κ2) is 6.59. The molecule has 0 fully saturated rings. The van der Waals surface area contributed by atoms with Gasteiger partial charge >= 0.3 is 6.18 Å². The molecule has 3 aromatic heterocycles. The largest absolute Gasteiger partial charge is 0.416 e. The Labute approximate surface area is 156 Å². The lowest BCUT2D eigenvalue weighted by Crippen LogP contribution is -2.05. The van der Waals surface area contributed by atoms with Crippen molar-refractivity contribution in [1.29, 1.82) is 0 Å². The molecule has 0 atom stereocenters. The van der Waals surface area contributed by atoms with Gasteiger partial charge in [-0.05, 0) is 37.3 Å². The molecule has 3 heterocycles. The summed E-state index contributed by atoms with van der Waals surface area (Å²) in [6.45, 7) is 1.76. The molecule has 5 nitrogen and oxygen atoms in total. The number of aryl methyl sites for hydroxylation is 1. The summed E-state index contributed by atoms with van der Waals surface area (Å²) < 4.78 is 53.9. The summed E-state index contributed by atoms with van der Waals surface area (Å²) in [5.74, 6) is -0.181. The number of hydrogen-bond donors (Lipinski definition) is 1. The highest BCUT2D eigenvalue weighted by Crippen LogP contribution is 2.31. The zero-order valence-corrected chi connectivity index (χ0v) is 14.5. The van der Waals surface area contributed by atoms with Crippen LogP contribution in [0.1, 0.15) is 11.3 Å². The number of benzene rings is 1. The maximum absolute atomic E-state index is 13.7. The molecule has 0 radical (unpaired) electrons. The highest BCUT2D eigenvalue weighted by atomic mass is 19.4. The van der Waals surface area contributed by atoms with Gasteiger partial charge < -0.3 is 5.32 Å². The molecule has 0 saturated heterocycles. The predicted octanol–water partition coefficient (Wildman–Crippen LogP) is 5.00. The van der Waals surface area contributed by atoms with E-state index in [0.717, 1.165) is 12.1 Å². The predicted molar refractivity (Wildman–Crippen MR) is 95.6 cm³/mol. The fraction of sp³-hybridized carbons (Fsp3) is 0.105. The monoisotopic (exact) mass is 387 g/mol. The van der Waals surface area contributed by atoms with Crippen LogP contribution in [0.3, 0.4) is 0 Å². The molecule has 0 amide bonds. The highest BCUT2D eigenvalue weighted by Gasteiger charge is 2.30. The Balaban J connectivity index is 1.72. The SMILES string of the molecule is Cc1nc2ccc(F)cn2c1-c1cncc(Nc2cccc(C(F)(F)F)c2)n1. The first kappa shape index (κ1) is 17.9. The molecular formula is C19H13F4N5. The molecular weight excluding hydrogens is 374 g/mol. The number of nitrogens with zero attached hydrogens (tertiary/aromatic N) is 4. The standard InChI is InChI=1S/C19H13F4N5/c1-11-18(28-10-13(20)5-6-17(28)25-11)15-8-24-9-16(27-15)26-14-4-2-3-12(7-14)19(21,22)23/h2-10H,1H3,(H,26,27). The van der Waals surface area contributed by atoms with Gasteiger partial charge in [0.25, 0.3) is 0 Å². The van der Waals surface area contributed by atoms with Crippen LogP contribution in [0.25, 0.3) is 17.0 Å². The van der Waals surface area contributed by atoms with Crippen LogP contribution in [-0.4, -0.2) is 19.4 Å². The van der Waals surface area contributed by atoms with E-state index < -0.39 is 17.6 Å². The quantitative estimate of drug-likeness (QED) is 0.503. The Morgan fingerprint density at radius 1 is 1.04 bits per heavy atom. The molecule has 1 aromatic carbocycles. The van der Waals surface area contributed by atoms with Crippen LogP contribution in [0.15, 0.2) is 55.0 Å². The second-order valence-corrected chi connectivity index (χ2v) is 6.11. The third kappa shape index (κ3) is 3.38. The van der Waals surface area contributed by atoms with Gasteiger partial charge in [0.05, 0.1) is 29.3 Å². The number of halogens is 4. The van der Waals surface area contributed by atoms with E-state index in [1.165, 1.54) is 36.8 Å². The van der Waals surface area contributed by atoms with Gasteiger partial charge in [-0.25, -0.2) is 14.4 Å². The number of imidazole rings is 1. The van der Waals surface area contributed by atoms with Crippen molar-refractivity contribution in [2.75, 3.05) is 5.32 Å². The van der Waals surface area contributed by atoms with Crippen LogP contribution in [0.5, 0.6) is 0 Å². The lowest BCUT2D eigenvalue weighted by molar-refractivity contribution is -0.137. The first-order valence-corrected chi connectivity index (χ1v) is 8.22. The van der Waals surface area contributed by atoms with Gasteiger partial charge in [-0.15, -0.1) is 0 Å². The maximum atomic E-state index is 13.7. The number of anilines is 2. The number of alkyl halides is 3. The van der Waals surface area contributed by atoms with E-state index in [2.05, 4.69) is 20.3 Å². The van der Waals surface area contributed by atoms with E-state index in [4.69, 9.17) is 0 Å². The van der Waals surface area contributed by atoms with Crippen LogP contribution in [0, 0.1) is 12.7 Å². The van der Waals surface area contributed by atoms with E-state index in [-0.39, 0.29) is 11.5 Å². The average molecular weight is 387 g/mol. The summed E-state index contributed by atoms with van der Waals surface area (Å²) >= 11 is 0. The Morgan fingerprint density at radius 2 is 1.86 bits per heavy atom. The van der Waals surface area contributed by atoms with Gasteiger partial charge in [0.1, 0.15) is 23.0 Å². The Kier molecular flexibility index (Phi) is 4.21. The van der Waals surface area contributed by atoms with Crippen molar-refractivity contribution in [3.63, 3.8) is 0 Å². The molecule has 1 N–H and O–H groups in total. The molecule has 0 aliphatic carbocycles. The molecule has 0 aliphatic rings. The summed E-state index contributed by atoms with van der Waals surface area (Å²) in [6.07, 6.45) is -0.274. The zero-order chi connectivity index (χ0) is 19.9. The molecule has 0 spiro atoms. The number of rotatable bonds is 3. The van der Waals surface area contributed by atoms with Gasteiger partial charge in [0.2, 0.25) is 0 Å². The van der Waals surface area contributed by atoms with Gasteiger partial charge in [0, 0.05) is 11.9 Å². The van der Waals surface area contributed by atoms with Crippen LogP contribution in [0.2, 0.25) is 0 Å². The number of nitrogens with one attached hydrogen (secondary N) is 1. The van der Waals surface area contributed by atoms with Crippen LogP contribution >= 0.6 is 0 Å². The Morgan fingerprint density at radius 3 is 2.64 bits per heavy atom. The van der Waals surface area contributed by atoms with Gasteiger partial charge in [-0.3, -0.25) is 9.38 Å². The van der Waals surface area contributed by atoms with E-state index in [9.17, 15) is 17.6 Å². The van der Waals surface area contributed by atoms with E-state index in [1.54, 1.807) is 17.4 Å². The topological polar surface area (TPSA) is 55.1 Å². The number of aromatic nitrogens is 4. The first-order chi connectivity index (χ1) is 13.3. The normalized spacial score (nSPS) is 11.8. The van der Waals surface area contributed by atoms with Crippen molar-refractivity contribution in [3.05, 3.63) is 72.1 Å². The molecule has 0 aliphatic heterocycles. The third-order valence-corrected chi connectivity index (χ3v) is 4.10. The number of hydrogen-bond acceptors (Lipinski definition) is 4. The van der Waals surface area contributed by atoms with Gasteiger partial charge in [-0.1, -0.05) is 6.07 Å². The summed E-state index contributed by atoms with van der Waals surface area (Å²) in [5.41, 5.74) is 1.59. The Hall–Kier alpha value is -3.49. The maximum Gasteiger partial charge on any atom is 0.416 e. The highest BCUT2D eigenvalue weighted by molar-refractivity contribution is 5.66. The average Bonchev–Trinajstić information content (AvgIpc) is 2.96. The lowest BCUT2D eigenvalue weighted by Gasteiger charge is -2.11. The molecule has 4 rings (SSSR count). The summed E-state index contributed by atoms with van der Waals surface area (Å²) in [6, 6.07) is 7.64. The minimum absolute atomic E-state index is 0.224. The van der Waals surface area contributed by atoms with Crippen molar-refractivity contribution in [2.24, 2.45) is 0 Å². The molecule has 142 valence electrons. The minimum atomic E-state index is -4.44. The summed E-state index contributed by atoms with van der Waals surface area (Å²) in [7, 11) is 0. The fourth-order valence-electron chi connectivity index (χ4n) is 2.91. The van der Waals surface area contributed by atoms with Crippen LogP contribution < -0.4 is 5.32 Å². The fourth-order valence-corrected chi connectivity index (χ4v) is 2.91. The van der Waals surface area contributed by atoms with Crippen molar-refractivity contribution < 1.29 is 17.6 Å². The minimum Gasteiger partial charge on any atom is -0.339 e. The summed E-state index contributed by atoms with van der Waals surface area (Å²) in [5, 5.41) is 2.82. The van der Waals surface area contributed by atoms with Crippen molar-refractivity contribution in [2.45, 2.75) is 13.1 Å². The van der Waals surface area contributed by atoms with E-state index in [1.807, 2.05) is 0 Å². The third-order valence-electron chi connectivity index (χ3n) is 4.10. The van der Waals surface area contributed by atoms with Crippen LogP contribution in [-0.2, 0) is 6.18 Å². The lowest BCUT2D eigenvalue weighted by atomic mass is 10.2. The molecule has 4 aromatic rings. The smallest absolute Gasteiger partial charge is 0.339 e. The molecule has 0 unspecified atom stereocenters. The second-order valence-electron chi connectivity index (χ2n) is 6.11. The summed E-state index contributed by atoms with van der Waals surface area (Å²) in [4.78, 5) is 12.9. The van der Waals surface area contributed by atoms with Crippen LogP contribution in [0.4, 0.5) is 29.1 Å². The number of fused-ring (bicyclic) bond motifs is 1. The Bertz CT molecular complexity index is 1170. The number of pyridine rings is 1. The van der Waals surface area contributed by atoms with Crippen molar-refractivity contribution >= 4 is 17.2 Å². The van der Waals surface area contributed by atoms with E-state index in [0.29, 0.717) is 22.7 Å². The van der Waals surface area contributed by atoms with Gasteiger partial charge in [0.15, 0.2) is 0 Å². The molecule has 0 bridgehead atoms. The van der Waals surface area contributed by atoms with Crippen molar-refractivity contribution in [3.8, 4) is 11.4 Å². The van der Waals surface area contributed by atoms with E-state index >= 15 is 0 Å². The molecule has 0 saturated carbocycles. The van der Waals surface area contributed by atoms with Crippen molar-refractivity contribution in [1.82, 2.24) is 19.4 Å². The molecule has 28 heavy (non-hydrogen) atoms. The van der Waals surface area contributed by atoms with Gasteiger partial charge in [-0.2, -0.15) is 13.2 Å². The zero-order valence-electron chi connectivity index (χ0n) is 14.5. The molecule has 9 heteroatoms.